The molecule has 37 heavy (non-hydrogen) atoms. The van der Waals surface area contributed by atoms with Crippen molar-refractivity contribution < 1.29 is 43.8 Å². The quantitative estimate of drug-likeness (QED) is 0.156. The van der Waals surface area contributed by atoms with E-state index in [4.69, 9.17) is 5.11 Å². The first-order valence-electron chi connectivity index (χ1n) is 12.0. The maximum Gasteiger partial charge on any atom is 0.326 e. The lowest BCUT2D eigenvalue weighted by atomic mass is 10.1. The van der Waals surface area contributed by atoms with Gasteiger partial charge < -0.3 is 41.3 Å². The molecule has 6 N–H and O–H groups in total. The summed E-state index contributed by atoms with van der Waals surface area (Å²) in [6.45, 7) is 1.61. The largest absolute Gasteiger partial charge is 0.480 e. The van der Waals surface area contributed by atoms with Gasteiger partial charge in [-0.3, -0.25) is 28.8 Å². The lowest BCUT2D eigenvalue weighted by Gasteiger charge is -2.28. The molecule has 2 aliphatic rings. The van der Waals surface area contributed by atoms with Crippen LogP contribution in [-0.2, 0) is 33.6 Å². The van der Waals surface area contributed by atoms with Crippen LogP contribution in [0.1, 0.15) is 39.5 Å². The van der Waals surface area contributed by atoms with Crippen molar-refractivity contribution in [2.45, 2.75) is 63.7 Å². The van der Waals surface area contributed by atoms with Gasteiger partial charge in [-0.2, -0.15) is 0 Å². The van der Waals surface area contributed by atoms with E-state index in [-0.39, 0.29) is 13.1 Å². The van der Waals surface area contributed by atoms with Gasteiger partial charge in [-0.15, -0.1) is 0 Å². The zero-order chi connectivity index (χ0) is 27.7. The third kappa shape index (κ3) is 8.13. The first-order chi connectivity index (χ1) is 17.5. The lowest BCUT2D eigenvalue weighted by molar-refractivity contribution is -0.148. The van der Waals surface area contributed by atoms with Gasteiger partial charge in [0.2, 0.25) is 35.4 Å². The fraction of sp³-hybridized carbons (Fsp3) is 0.682. The number of aliphatic hydroxyl groups excluding tert-OH is 1. The van der Waals surface area contributed by atoms with Crippen LogP contribution < -0.4 is 21.3 Å². The molecule has 0 aromatic heterocycles. The molecule has 0 saturated carbocycles. The van der Waals surface area contributed by atoms with Crippen molar-refractivity contribution in [1.29, 1.82) is 0 Å². The van der Waals surface area contributed by atoms with E-state index in [0.717, 1.165) is 0 Å². The molecule has 15 heteroatoms. The van der Waals surface area contributed by atoms with E-state index in [9.17, 15) is 38.7 Å². The highest BCUT2D eigenvalue weighted by atomic mass is 16.4. The highest BCUT2D eigenvalue weighted by Crippen LogP contribution is 2.19. The van der Waals surface area contributed by atoms with Gasteiger partial charge in [0.05, 0.1) is 19.7 Å². The Morgan fingerprint density at radius 2 is 1.51 bits per heavy atom. The number of rotatable bonds is 11. The molecule has 2 heterocycles. The number of nitrogens with one attached hydrogen (secondary N) is 4. The molecule has 0 unspecified atom stereocenters. The van der Waals surface area contributed by atoms with Gasteiger partial charge in [0.15, 0.2) is 0 Å². The topological polar surface area (TPSA) is 215 Å². The molecule has 0 aromatic carbocycles. The molecule has 0 aromatic rings. The minimum absolute atomic E-state index is 0.247. The number of hydrogen-bond donors (Lipinski definition) is 6. The fourth-order valence-corrected chi connectivity index (χ4v) is 4.29. The highest BCUT2D eigenvalue weighted by Gasteiger charge is 2.38. The number of likely N-dealkylation sites (tertiary alicyclic amines) is 2. The Morgan fingerprint density at radius 1 is 0.892 bits per heavy atom. The van der Waals surface area contributed by atoms with E-state index in [1.54, 1.807) is 0 Å². The number of aliphatic hydroxyl groups is 1. The van der Waals surface area contributed by atoms with E-state index < -0.39 is 85.3 Å². The van der Waals surface area contributed by atoms with Crippen LogP contribution in [0.5, 0.6) is 0 Å². The van der Waals surface area contributed by atoms with E-state index in [0.29, 0.717) is 25.7 Å². The summed E-state index contributed by atoms with van der Waals surface area (Å²) in [6.07, 6.45) is 1.76. The fourth-order valence-electron chi connectivity index (χ4n) is 4.29. The lowest BCUT2D eigenvalue weighted by Crippen LogP contribution is -2.56. The molecule has 0 bridgehead atoms. The Labute approximate surface area is 213 Å². The minimum Gasteiger partial charge on any atom is -0.480 e. The molecule has 15 nitrogen and oxygen atoms in total. The number of carboxylic acids is 1. The first-order valence-corrected chi connectivity index (χ1v) is 12.0. The van der Waals surface area contributed by atoms with E-state index in [1.165, 1.54) is 23.6 Å². The molecule has 2 rings (SSSR count). The highest BCUT2D eigenvalue weighted by molar-refractivity contribution is 5.95. The van der Waals surface area contributed by atoms with Gasteiger partial charge in [0, 0.05) is 20.0 Å². The van der Waals surface area contributed by atoms with Crippen LogP contribution in [-0.4, -0.2) is 118 Å². The normalized spacial score (nSPS) is 20.5. The number of hydrogen-bond acceptors (Lipinski definition) is 8. The average molecular weight is 527 g/mol. The maximum absolute atomic E-state index is 12.7. The van der Waals surface area contributed by atoms with Gasteiger partial charge >= 0.3 is 5.97 Å². The van der Waals surface area contributed by atoms with E-state index in [1.807, 2.05) is 0 Å². The molecular weight excluding hydrogens is 492 g/mol. The molecule has 4 atom stereocenters. The molecule has 0 radical (unpaired) electrons. The van der Waals surface area contributed by atoms with Crippen molar-refractivity contribution in [2.24, 2.45) is 0 Å². The van der Waals surface area contributed by atoms with Crippen LogP contribution in [0.4, 0.5) is 0 Å². The first kappa shape index (κ1) is 29.5. The Hall–Kier alpha value is -3.75. The summed E-state index contributed by atoms with van der Waals surface area (Å²) in [4.78, 5) is 86.8. The minimum atomic E-state index is -1.18. The third-order valence-electron chi connectivity index (χ3n) is 6.17. The maximum atomic E-state index is 12.7. The Kier molecular flexibility index (Phi) is 10.8. The molecular formula is C22H34N6O9. The molecule has 2 aliphatic heterocycles. The van der Waals surface area contributed by atoms with Crippen molar-refractivity contribution >= 4 is 41.4 Å². The SMILES string of the molecule is CC(=O)N[C@@H](CO)C(=O)N1CCC[C@H]1C(=O)N[C@@H](C)C(=O)NCC(=O)NCC(=O)N1CCC[C@H]1C(=O)O. The number of aliphatic carboxylic acids is 1. The zero-order valence-corrected chi connectivity index (χ0v) is 20.8. The van der Waals surface area contributed by atoms with Crippen LogP contribution in [0.3, 0.4) is 0 Å². The van der Waals surface area contributed by atoms with Gasteiger partial charge in [0.25, 0.3) is 0 Å². The smallest absolute Gasteiger partial charge is 0.326 e. The number of carboxylic acid groups (broad SMARTS) is 1. The summed E-state index contributed by atoms with van der Waals surface area (Å²) in [5.74, 6) is -4.71. The molecule has 0 spiro atoms. The second-order valence-electron chi connectivity index (χ2n) is 8.93. The van der Waals surface area contributed by atoms with Crippen LogP contribution in [0.15, 0.2) is 0 Å². The summed E-state index contributed by atoms with van der Waals surface area (Å²) < 4.78 is 0. The van der Waals surface area contributed by atoms with Crippen molar-refractivity contribution in [3.05, 3.63) is 0 Å². The van der Waals surface area contributed by atoms with Crippen LogP contribution in [0, 0.1) is 0 Å². The number of carbonyl (C=O) groups excluding carboxylic acids is 6. The van der Waals surface area contributed by atoms with Crippen LogP contribution in [0.25, 0.3) is 0 Å². The third-order valence-corrected chi connectivity index (χ3v) is 6.17. The zero-order valence-electron chi connectivity index (χ0n) is 20.8. The molecule has 2 saturated heterocycles. The average Bonchev–Trinajstić information content (AvgIpc) is 3.54. The van der Waals surface area contributed by atoms with Gasteiger partial charge in [-0.05, 0) is 32.6 Å². The van der Waals surface area contributed by atoms with E-state index in [2.05, 4.69) is 21.3 Å². The summed E-state index contributed by atoms with van der Waals surface area (Å²) in [5, 5.41) is 28.0. The number of nitrogens with zero attached hydrogens (tertiary/aromatic N) is 2. The monoisotopic (exact) mass is 526 g/mol. The van der Waals surface area contributed by atoms with Crippen LogP contribution in [0.2, 0.25) is 0 Å². The van der Waals surface area contributed by atoms with Gasteiger partial charge in [0.1, 0.15) is 24.2 Å². The summed E-state index contributed by atoms with van der Waals surface area (Å²) >= 11 is 0. The predicted octanol–water partition coefficient (Wildman–Crippen LogP) is -3.71. The Bertz CT molecular complexity index is 926. The Morgan fingerprint density at radius 3 is 2.11 bits per heavy atom. The summed E-state index contributed by atoms with van der Waals surface area (Å²) in [6, 6.07) is -4.04. The van der Waals surface area contributed by atoms with Crippen molar-refractivity contribution in [2.75, 3.05) is 32.8 Å². The Balaban J connectivity index is 1.79. The molecule has 2 fully saturated rings. The number of carbonyl (C=O) groups is 7. The van der Waals surface area contributed by atoms with Crippen molar-refractivity contribution in [1.82, 2.24) is 31.1 Å². The van der Waals surface area contributed by atoms with Gasteiger partial charge in [-0.1, -0.05) is 0 Å². The standard InChI is InChI=1S/C22H34N6O9/c1-12(25-20(34)15-5-3-8-28(15)21(35)14(11-29)26-13(2)30)19(33)24-9-17(31)23-10-18(32)27-7-4-6-16(27)22(36)37/h12,14-16,29H,3-11H2,1-2H3,(H,23,31)(H,24,33)(H,25,34)(H,26,30)(H,36,37)/t12-,14-,15-,16-/m0/s1. The van der Waals surface area contributed by atoms with E-state index >= 15 is 0 Å². The van der Waals surface area contributed by atoms with Crippen molar-refractivity contribution in [3.8, 4) is 0 Å². The summed E-state index contributed by atoms with van der Waals surface area (Å²) in [7, 11) is 0. The predicted molar refractivity (Wildman–Crippen MR) is 125 cm³/mol. The number of amides is 6. The van der Waals surface area contributed by atoms with Crippen LogP contribution >= 0.6 is 0 Å². The van der Waals surface area contributed by atoms with Crippen molar-refractivity contribution in [3.63, 3.8) is 0 Å². The molecule has 0 aliphatic carbocycles. The molecule has 206 valence electrons. The second kappa shape index (κ2) is 13.5. The summed E-state index contributed by atoms with van der Waals surface area (Å²) in [5.41, 5.74) is 0. The van der Waals surface area contributed by atoms with Gasteiger partial charge in [-0.25, -0.2) is 4.79 Å². The second-order valence-corrected chi connectivity index (χ2v) is 8.93. The molecule has 6 amide bonds.